The van der Waals surface area contributed by atoms with Crippen LogP contribution in [-0.2, 0) is 9.59 Å². The summed E-state index contributed by atoms with van der Waals surface area (Å²) in [5, 5.41) is 2.14. The van der Waals surface area contributed by atoms with Gasteiger partial charge in [-0.3, -0.25) is 19.8 Å². The fourth-order valence-electron chi connectivity index (χ4n) is 2.07. The largest absolute Gasteiger partial charge is 0.479 e. The number of carbonyl (C=O) groups excluding carboxylic acids is 3. The van der Waals surface area contributed by atoms with Gasteiger partial charge in [-0.05, 0) is 69.0 Å². The molecule has 1 heterocycles. The first kappa shape index (κ1) is 19.5. The van der Waals surface area contributed by atoms with Crippen molar-refractivity contribution in [3.8, 4) is 18.1 Å². The number of nitrogens with zero attached hydrogens (tertiary/aromatic N) is 1. The third-order valence-electron chi connectivity index (χ3n) is 3.13. The summed E-state index contributed by atoms with van der Waals surface area (Å²) in [6, 6.07) is 2.77. The van der Waals surface area contributed by atoms with Crippen molar-refractivity contribution in [1.82, 2.24) is 10.2 Å². The summed E-state index contributed by atoms with van der Waals surface area (Å²) in [7, 11) is 0. The SMILES string of the molecule is C#CCOc1c(I)cc(/C=C2\C(=O)NC(=O)N(CC=C)C2=O)cc1I. The van der Waals surface area contributed by atoms with Crippen LogP contribution in [0.2, 0.25) is 0 Å². The van der Waals surface area contributed by atoms with E-state index in [0.29, 0.717) is 11.3 Å². The van der Waals surface area contributed by atoms with Crippen molar-refractivity contribution in [2.75, 3.05) is 13.2 Å². The van der Waals surface area contributed by atoms with Crippen molar-refractivity contribution in [3.05, 3.63) is 43.1 Å². The van der Waals surface area contributed by atoms with Crippen LogP contribution in [0.3, 0.4) is 0 Å². The van der Waals surface area contributed by atoms with Gasteiger partial charge in [0.25, 0.3) is 11.8 Å². The zero-order chi connectivity index (χ0) is 18.6. The van der Waals surface area contributed by atoms with E-state index < -0.39 is 17.8 Å². The van der Waals surface area contributed by atoms with Crippen molar-refractivity contribution in [2.45, 2.75) is 0 Å². The summed E-state index contributed by atoms with van der Waals surface area (Å²) in [6.07, 6.45) is 8.05. The third-order valence-corrected chi connectivity index (χ3v) is 4.73. The maximum absolute atomic E-state index is 12.4. The summed E-state index contributed by atoms with van der Waals surface area (Å²) >= 11 is 4.17. The van der Waals surface area contributed by atoms with Gasteiger partial charge in [-0.2, -0.15) is 0 Å². The number of rotatable bonds is 5. The number of carbonyl (C=O) groups is 3. The van der Waals surface area contributed by atoms with Gasteiger partial charge < -0.3 is 4.74 Å². The summed E-state index contributed by atoms with van der Waals surface area (Å²) in [5.41, 5.74) is 0.513. The highest BCUT2D eigenvalue weighted by Gasteiger charge is 2.34. The summed E-state index contributed by atoms with van der Waals surface area (Å²) in [6.45, 7) is 3.66. The first-order chi connectivity index (χ1) is 11.9. The zero-order valence-electron chi connectivity index (χ0n) is 12.8. The molecule has 1 saturated heterocycles. The van der Waals surface area contributed by atoms with Gasteiger partial charge in [-0.15, -0.1) is 13.0 Å². The minimum absolute atomic E-state index is 0.0171. The minimum atomic E-state index is -0.755. The number of halogens is 2. The third kappa shape index (κ3) is 4.40. The highest BCUT2D eigenvalue weighted by atomic mass is 127. The smallest absolute Gasteiger partial charge is 0.331 e. The zero-order valence-corrected chi connectivity index (χ0v) is 17.2. The Hall–Kier alpha value is -1.87. The van der Waals surface area contributed by atoms with E-state index in [4.69, 9.17) is 11.2 Å². The molecule has 4 amide bonds. The van der Waals surface area contributed by atoms with Gasteiger partial charge in [0.1, 0.15) is 17.9 Å². The lowest BCUT2D eigenvalue weighted by Gasteiger charge is -2.25. The number of hydrogen-bond acceptors (Lipinski definition) is 4. The van der Waals surface area contributed by atoms with E-state index in [1.54, 1.807) is 12.1 Å². The number of urea groups is 1. The van der Waals surface area contributed by atoms with Crippen molar-refractivity contribution in [1.29, 1.82) is 0 Å². The molecule has 1 aliphatic heterocycles. The van der Waals surface area contributed by atoms with Crippen LogP contribution in [-0.4, -0.2) is 35.9 Å². The Labute approximate surface area is 171 Å². The fourth-order valence-corrected chi connectivity index (χ4v) is 4.20. The Morgan fingerprint density at radius 2 is 1.92 bits per heavy atom. The number of terminal acetylenes is 1. The Morgan fingerprint density at radius 3 is 2.48 bits per heavy atom. The van der Waals surface area contributed by atoms with Crippen LogP contribution >= 0.6 is 45.2 Å². The van der Waals surface area contributed by atoms with Crippen LogP contribution in [0.25, 0.3) is 6.08 Å². The maximum atomic E-state index is 12.4. The van der Waals surface area contributed by atoms with E-state index in [0.717, 1.165) is 12.0 Å². The standard InChI is InChI=1S/C17H12I2N2O4/c1-3-5-21-16(23)11(15(22)20-17(21)24)7-10-8-12(18)14(13(19)9-10)25-6-4-2/h2-3,7-9H,1,5-6H2,(H,20,22,24)/b11-7+. The highest BCUT2D eigenvalue weighted by Crippen LogP contribution is 2.30. The van der Waals surface area contributed by atoms with Crippen molar-refractivity contribution >= 4 is 69.1 Å². The van der Waals surface area contributed by atoms with Gasteiger partial charge in [0.05, 0.1) is 7.14 Å². The molecule has 1 fully saturated rings. The monoisotopic (exact) mass is 562 g/mol. The predicted octanol–water partition coefficient (Wildman–Crippen LogP) is 2.56. The molecule has 1 aliphatic rings. The Bertz CT molecular complexity index is 817. The second-order valence-electron chi connectivity index (χ2n) is 4.83. The van der Waals surface area contributed by atoms with Gasteiger partial charge in [-0.25, -0.2) is 4.79 Å². The van der Waals surface area contributed by atoms with E-state index >= 15 is 0 Å². The van der Waals surface area contributed by atoms with Crippen LogP contribution in [0.15, 0.2) is 30.4 Å². The summed E-state index contributed by atoms with van der Waals surface area (Å²) in [5.74, 6) is 1.65. The first-order valence-electron chi connectivity index (χ1n) is 6.94. The molecule has 1 N–H and O–H groups in total. The number of hydrogen-bond donors (Lipinski definition) is 1. The second-order valence-corrected chi connectivity index (χ2v) is 7.15. The van der Waals surface area contributed by atoms with E-state index in [-0.39, 0.29) is 18.7 Å². The lowest BCUT2D eigenvalue weighted by atomic mass is 10.1. The number of ether oxygens (including phenoxy) is 1. The van der Waals surface area contributed by atoms with Gasteiger partial charge >= 0.3 is 6.03 Å². The molecule has 0 unspecified atom stereocenters. The van der Waals surface area contributed by atoms with Crippen LogP contribution in [0, 0.1) is 19.5 Å². The van der Waals surface area contributed by atoms with Gasteiger partial charge in [0.15, 0.2) is 0 Å². The molecule has 0 atom stereocenters. The quantitative estimate of drug-likeness (QED) is 0.197. The molecular formula is C17H12I2N2O4. The van der Waals surface area contributed by atoms with Crippen molar-refractivity contribution in [3.63, 3.8) is 0 Å². The highest BCUT2D eigenvalue weighted by molar-refractivity contribution is 14.1. The lowest BCUT2D eigenvalue weighted by molar-refractivity contribution is -0.129. The molecule has 1 aromatic carbocycles. The molecule has 6 nitrogen and oxygen atoms in total. The first-order valence-corrected chi connectivity index (χ1v) is 9.09. The Morgan fingerprint density at radius 1 is 1.28 bits per heavy atom. The van der Waals surface area contributed by atoms with E-state index in [1.807, 2.05) is 0 Å². The lowest BCUT2D eigenvalue weighted by Crippen LogP contribution is -2.54. The number of benzene rings is 1. The molecule has 128 valence electrons. The molecule has 8 heteroatoms. The van der Waals surface area contributed by atoms with E-state index in [9.17, 15) is 14.4 Å². The van der Waals surface area contributed by atoms with E-state index in [1.165, 1.54) is 12.2 Å². The minimum Gasteiger partial charge on any atom is -0.479 e. The van der Waals surface area contributed by atoms with E-state index in [2.05, 4.69) is 63.0 Å². The molecule has 2 rings (SSSR count). The molecule has 0 radical (unpaired) electrons. The maximum Gasteiger partial charge on any atom is 0.331 e. The average Bonchev–Trinajstić information content (AvgIpc) is 2.55. The molecule has 0 saturated carbocycles. The molecule has 25 heavy (non-hydrogen) atoms. The van der Waals surface area contributed by atoms with Crippen LogP contribution in [0.4, 0.5) is 4.79 Å². The molecule has 0 aliphatic carbocycles. The van der Waals surface area contributed by atoms with Gasteiger partial charge in [-0.1, -0.05) is 12.0 Å². The second kappa shape index (κ2) is 8.48. The van der Waals surface area contributed by atoms with Crippen LogP contribution < -0.4 is 10.1 Å². The molecular weight excluding hydrogens is 550 g/mol. The van der Waals surface area contributed by atoms with Gasteiger partial charge in [0, 0.05) is 6.54 Å². The number of imide groups is 2. The Balaban J connectivity index is 2.40. The molecule has 0 aromatic heterocycles. The number of barbiturate groups is 1. The average molecular weight is 562 g/mol. The van der Waals surface area contributed by atoms with Crippen molar-refractivity contribution < 1.29 is 19.1 Å². The Kier molecular flexibility index (Phi) is 6.60. The molecule has 1 aromatic rings. The number of nitrogens with one attached hydrogen (secondary N) is 1. The molecule has 0 spiro atoms. The molecule has 0 bridgehead atoms. The topological polar surface area (TPSA) is 75.7 Å². The number of amides is 4. The van der Waals surface area contributed by atoms with Crippen LogP contribution in [0.1, 0.15) is 5.56 Å². The predicted molar refractivity (Wildman–Crippen MR) is 110 cm³/mol. The van der Waals surface area contributed by atoms with Crippen molar-refractivity contribution in [2.24, 2.45) is 0 Å². The fraction of sp³-hybridized carbons (Fsp3) is 0.118. The van der Waals surface area contributed by atoms with Crippen LogP contribution in [0.5, 0.6) is 5.75 Å². The summed E-state index contributed by atoms with van der Waals surface area (Å²) in [4.78, 5) is 37.1. The normalized spacial score (nSPS) is 15.8. The summed E-state index contributed by atoms with van der Waals surface area (Å²) < 4.78 is 7.06. The van der Waals surface area contributed by atoms with Gasteiger partial charge in [0.2, 0.25) is 0 Å².